The van der Waals surface area contributed by atoms with Crippen molar-refractivity contribution in [1.29, 1.82) is 0 Å². The van der Waals surface area contributed by atoms with Gasteiger partial charge in [0.05, 0.1) is 12.6 Å². The van der Waals surface area contributed by atoms with Crippen LogP contribution in [0, 0.1) is 18.8 Å². The van der Waals surface area contributed by atoms with E-state index in [1.807, 2.05) is 12.1 Å². The van der Waals surface area contributed by atoms with Crippen LogP contribution >= 0.6 is 0 Å². The van der Waals surface area contributed by atoms with Crippen LogP contribution in [0.15, 0.2) is 24.3 Å². The maximum absolute atomic E-state index is 6.25. The molecule has 2 aliphatic rings. The molecule has 22 heavy (non-hydrogen) atoms. The predicted molar refractivity (Wildman–Crippen MR) is 89.2 cm³/mol. The van der Waals surface area contributed by atoms with Crippen molar-refractivity contribution >= 4 is 16.7 Å². The zero-order valence-electron chi connectivity index (χ0n) is 13.2. The molecular formula is C18H23N3O. The summed E-state index contributed by atoms with van der Waals surface area (Å²) in [6.45, 7) is 2.13. The lowest BCUT2D eigenvalue weighted by Gasteiger charge is -2.28. The van der Waals surface area contributed by atoms with Crippen molar-refractivity contribution in [3.63, 3.8) is 0 Å². The first kappa shape index (κ1) is 13.8. The third-order valence-electron chi connectivity index (χ3n) is 5.42. The molecule has 0 aliphatic heterocycles. The van der Waals surface area contributed by atoms with E-state index in [-0.39, 0.29) is 0 Å². The zero-order chi connectivity index (χ0) is 15.3. The highest BCUT2D eigenvalue weighted by molar-refractivity contribution is 5.85. The third-order valence-corrected chi connectivity index (χ3v) is 5.42. The number of rotatable bonds is 3. The van der Waals surface area contributed by atoms with Gasteiger partial charge >= 0.3 is 0 Å². The highest BCUT2D eigenvalue weighted by Gasteiger charge is 2.44. The van der Waals surface area contributed by atoms with E-state index in [9.17, 15) is 0 Å². The Bertz CT molecular complexity index is 715. The summed E-state index contributed by atoms with van der Waals surface area (Å²) in [7, 11) is 1.69. The Labute approximate surface area is 131 Å². The van der Waals surface area contributed by atoms with Gasteiger partial charge in [-0.2, -0.15) is 0 Å². The Hall–Kier alpha value is -1.81. The van der Waals surface area contributed by atoms with Gasteiger partial charge in [-0.1, -0.05) is 0 Å². The van der Waals surface area contributed by atoms with Gasteiger partial charge < -0.3 is 15.8 Å². The minimum absolute atomic E-state index is 0.359. The Balaban J connectivity index is 1.64. The maximum atomic E-state index is 6.25. The van der Waals surface area contributed by atoms with Gasteiger partial charge in [-0.05, 0) is 61.8 Å². The van der Waals surface area contributed by atoms with Crippen molar-refractivity contribution in [3.8, 4) is 5.75 Å². The molecule has 0 radical (unpaired) electrons. The van der Waals surface area contributed by atoms with Crippen molar-refractivity contribution in [2.45, 2.75) is 38.3 Å². The van der Waals surface area contributed by atoms with Crippen LogP contribution in [0.25, 0.3) is 10.9 Å². The van der Waals surface area contributed by atoms with Crippen LogP contribution in [0.5, 0.6) is 5.75 Å². The van der Waals surface area contributed by atoms with E-state index in [4.69, 9.17) is 15.5 Å². The highest BCUT2D eigenvalue weighted by Crippen LogP contribution is 2.45. The van der Waals surface area contributed by atoms with Crippen LogP contribution in [0.1, 0.15) is 24.8 Å². The van der Waals surface area contributed by atoms with Crippen LogP contribution in [-0.4, -0.2) is 24.2 Å². The van der Waals surface area contributed by atoms with Crippen LogP contribution in [0.2, 0.25) is 0 Å². The number of pyridine rings is 1. The maximum Gasteiger partial charge on any atom is 0.127 e. The molecule has 1 aromatic heterocycles. The molecule has 4 rings (SSSR count). The van der Waals surface area contributed by atoms with Gasteiger partial charge in [0, 0.05) is 23.5 Å². The third kappa shape index (κ3) is 2.22. The van der Waals surface area contributed by atoms with E-state index in [1.165, 1.54) is 30.2 Å². The monoisotopic (exact) mass is 297 g/mol. The van der Waals surface area contributed by atoms with E-state index in [0.29, 0.717) is 18.0 Å². The van der Waals surface area contributed by atoms with E-state index < -0.39 is 0 Å². The Morgan fingerprint density at radius 1 is 1.23 bits per heavy atom. The lowest BCUT2D eigenvalue weighted by molar-refractivity contribution is 0.385. The molecule has 0 spiro atoms. The van der Waals surface area contributed by atoms with Gasteiger partial charge in [-0.15, -0.1) is 0 Å². The smallest absolute Gasteiger partial charge is 0.127 e. The van der Waals surface area contributed by atoms with E-state index in [2.05, 4.69) is 24.4 Å². The summed E-state index contributed by atoms with van der Waals surface area (Å²) in [6, 6.07) is 9.04. The summed E-state index contributed by atoms with van der Waals surface area (Å²) < 4.78 is 5.31. The zero-order valence-corrected chi connectivity index (χ0v) is 13.2. The summed E-state index contributed by atoms with van der Waals surface area (Å²) in [5.41, 5.74) is 8.46. The molecule has 0 amide bonds. The van der Waals surface area contributed by atoms with Gasteiger partial charge in [0.25, 0.3) is 0 Å². The summed E-state index contributed by atoms with van der Waals surface area (Å²) in [5, 5.41) is 4.82. The number of nitrogens with one attached hydrogen (secondary N) is 1. The fourth-order valence-electron chi connectivity index (χ4n) is 4.34. The molecule has 4 heteroatoms. The minimum Gasteiger partial charge on any atom is -0.497 e. The number of ether oxygens (including phenoxy) is 1. The predicted octanol–water partition coefficient (Wildman–Crippen LogP) is 3.09. The second-order valence-electron chi connectivity index (χ2n) is 6.86. The van der Waals surface area contributed by atoms with Gasteiger partial charge in [-0.25, -0.2) is 4.98 Å². The summed E-state index contributed by atoms with van der Waals surface area (Å²) >= 11 is 0. The molecule has 4 atom stereocenters. The quantitative estimate of drug-likeness (QED) is 0.914. The molecule has 2 bridgehead atoms. The number of anilines is 1. The number of benzene rings is 1. The number of methoxy groups -OCH3 is 1. The normalized spacial score (nSPS) is 30.0. The van der Waals surface area contributed by atoms with Crippen molar-refractivity contribution in [2.24, 2.45) is 17.6 Å². The van der Waals surface area contributed by atoms with E-state index in [0.717, 1.165) is 23.0 Å². The molecule has 4 nitrogen and oxygen atoms in total. The second kappa shape index (κ2) is 5.13. The molecule has 2 fully saturated rings. The molecule has 1 aromatic carbocycles. The first-order valence-electron chi connectivity index (χ1n) is 8.11. The van der Waals surface area contributed by atoms with Crippen LogP contribution in [-0.2, 0) is 0 Å². The Morgan fingerprint density at radius 2 is 2.09 bits per heavy atom. The van der Waals surface area contributed by atoms with Crippen LogP contribution < -0.4 is 15.8 Å². The standard InChI is InChI=1S/C18H23N3O/c1-10-5-18(20-16-8-11-6-14(16)15(19)7-11)21-17-9-12(22-2)3-4-13(10)17/h3-5,9,11,14-16H,6-8,19H2,1-2H3,(H,20,21)/t11-,14+,15+,16+/m1/s1. The number of hydrogen-bond donors (Lipinski definition) is 2. The van der Waals surface area contributed by atoms with Gasteiger partial charge in [0.2, 0.25) is 0 Å². The Morgan fingerprint density at radius 3 is 2.82 bits per heavy atom. The number of hydrogen-bond acceptors (Lipinski definition) is 4. The fraction of sp³-hybridized carbons (Fsp3) is 0.500. The molecule has 2 saturated carbocycles. The average molecular weight is 297 g/mol. The molecule has 2 aromatic rings. The van der Waals surface area contributed by atoms with Gasteiger partial charge in [0.1, 0.15) is 11.6 Å². The molecule has 116 valence electrons. The summed E-state index contributed by atoms with van der Waals surface area (Å²) in [4.78, 5) is 4.78. The average Bonchev–Trinajstić information content (AvgIpc) is 3.05. The fourth-order valence-corrected chi connectivity index (χ4v) is 4.34. The molecule has 1 heterocycles. The SMILES string of the molecule is COc1ccc2c(C)cc(N[C@H]3C[C@@H]4C[C@H]3[C@@H](N)C4)nc2c1. The number of fused-ring (bicyclic) bond motifs is 3. The second-order valence-corrected chi connectivity index (χ2v) is 6.86. The Kier molecular flexibility index (Phi) is 3.22. The topological polar surface area (TPSA) is 60.2 Å². The number of nitrogens with two attached hydrogens (primary N) is 1. The number of aromatic nitrogens is 1. The number of aryl methyl sites for hydroxylation is 1. The van der Waals surface area contributed by atoms with Crippen molar-refractivity contribution < 1.29 is 4.74 Å². The lowest BCUT2D eigenvalue weighted by atomic mass is 9.91. The van der Waals surface area contributed by atoms with E-state index >= 15 is 0 Å². The van der Waals surface area contributed by atoms with Crippen molar-refractivity contribution in [3.05, 3.63) is 29.8 Å². The molecule has 0 saturated heterocycles. The van der Waals surface area contributed by atoms with E-state index in [1.54, 1.807) is 7.11 Å². The molecule has 0 unspecified atom stereocenters. The first-order valence-corrected chi connectivity index (χ1v) is 8.11. The van der Waals surface area contributed by atoms with Gasteiger partial charge in [-0.3, -0.25) is 0 Å². The van der Waals surface area contributed by atoms with Crippen molar-refractivity contribution in [2.75, 3.05) is 12.4 Å². The minimum atomic E-state index is 0.359. The lowest BCUT2D eigenvalue weighted by Crippen LogP contribution is -2.39. The van der Waals surface area contributed by atoms with Crippen molar-refractivity contribution in [1.82, 2.24) is 4.98 Å². The van der Waals surface area contributed by atoms with Crippen LogP contribution in [0.3, 0.4) is 0 Å². The number of nitrogens with zero attached hydrogens (tertiary/aromatic N) is 1. The molecule has 2 aliphatic carbocycles. The molecular weight excluding hydrogens is 274 g/mol. The van der Waals surface area contributed by atoms with Gasteiger partial charge in [0.15, 0.2) is 0 Å². The first-order chi connectivity index (χ1) is 10.6. The summed E-state index contributed by atoms with van der Waals surface area (Å²) in [6.07, 6.45) is 3.71. The highest BCUT2D eigenvalue weighted by atomic mass is 16.5. The summed E-state index contributed by atoms with van der Waals surface area (Å²) in [5.74, 6) is 3.22. The largest absolute Gasteiger partial charge is 0.497 e. The molecule has 3 N–H and O–H groups in total. The van der Waals surface area contributed by atoms with Crippen LogP contribution in [0.4, 0.5) is 5.82 Å².